The number of anilines is 1. The maximum absolute atomic E-state index is 12.8. The average Bonchev–Trinajstić information content (AvgIpc) is 3.05. The van der Waals surface area contributed by atoms with Crippen LogP contribution in [0.1, 0.15) is 18.1 Å². The van der Waals surface area contributed by atoms with Gasteiger partial charge in [0.25, 0.3) is 0 Å². The number of halogens is 2. The van der Waals surface area contributed by atoms with Gasteiger partial charge in [-0.1, -0.05) is 36.4 Å². The van der Waals surface area contributed by atoms with E-state index in [4.69, 9.17) is 0 Å². The third-order valence-electron chi connectivity index (χ3n) is 4.42. The highest BCUT2D eigenvalue weighted by Gasteiger charge is 2.32. The molecule has 0 heterocycles. The molecule has 0 unspecified atom stereocenters. The first-order valence-corrected chi connectivity index (χ1v) is 9.54. The van der Waals surface area contributed by atoms with Gasteiger partial charge in [-0.25, -0.2) is 0 Å². The Morgan fingerprint density at radius 2 is 1.69 bits per heavy atom. The largest absolute Gasteiger partial charge is 0.433 e. The summed E-state index contributed by atoms with van der Waals surface area (Å²) in [6.45, 7) is -1.40. The molecule has 0 radical (unpaired) electrons. The molecular weight excluding hydrogens is 360 g/mol. The molecular formula is C19H19F2NO3S. The average molecular weight is 379 g/mol. The van der Waals surface area contributed by atoms with Crippen LogP contribution in [0.4, 0.5) is 14.5 Å². The van der Waals surface area contributed by atoms with E-state index in [1.54, 1.807) is 13.0 Å². The van der Waals surface area contributed by atoms with Crippen LogP contribution in [0, 0.1) is 0 Å². The molecule has 0 bridgehead atoms. The first-order valence-electron chi connectivity index (χ1n) is 8.26. The van der Waals surface area contributed by atoms with E-state index in [1.165, 1.54) is 18.2 Å². The van der Waals surface area contributed by atoms with E-state index in [1.807, 2.05) is 24.3 Å². The van der Waals surface area contributed by atoms with Crippen molar-refractivity contribution in [2.45, 2.75) is 36.9 Å². The van der Waals surface area contributed by atoms with E-state index in [2.05, 4.69) is 10.1 Å². The molecule has 4 nitrogen and oxygen atoms in total. The van der Waals surface area contributed by atoms with E-state index in [-0.39, 0.29) is 16.7 Å². The highest BCUT2D eigenvalue weighted by atomic mass is 32.2. The highest BCUT2D eigenvalue weighted by molar-refractivity contribution is 7.87. The van der Waals surface area contributed by atoms with Gasteiger partial charge >= 0.3 is 6.61 Å². The molecule has 2 atom stereocenters. The Hall–Kier alpha value is -2.28. The van der Waals surface area contributed by atoms with Crippen molar-refractivity contribution in [3.63, 3.8) is 0 Å². The van der Waals surface area contributed by atoms with Crippen LogP contribution in [0.2, 0.25) is 0 Å². The Morgan fingerprint density at radius 1 is 1.12 bits per heavy atom. The zero-order valence-electron chi connectivity index (χ0n) is 14.2. The third-order valence-corrected chi connectivity index (χ3v) is 6.32. The van der Waals surface area contributed by atoms with Crippen LogP contribution in [-0.4, -0.2) is 27.2 Å². The van der Waals surface area contributed by atoms with Gasteiger partial charge < -0.3 is 10.1 Å². The van der Waals surface area contributed by atoms with Crippen molar-refractivity contribution in [1.29, 1.82) is 0 Å². The number of para-hydroxylation sites is 2. The predicted molar refractivity (Wildman–Crippen MR) is 96.9 cm³/mol. The minimum absolute atomic E-state index is 0.123. The van der Waals surface area contributed by atoms with Crippen LogP contribution < -0.4 is 10.1 Å². The predicted octanol–water partition coefficient (Wildman–Crippen LogP) is 3.53. The number of nitrogens with one attached hydrogen (secondary N) is 1. The molecule has 7 heteroatoms. The number of benzene rings is 2. The summed E-state index contributed by atoms with van der Waals surface area (Å²) in [6, 6.07) is 13.9. The minimum Gasteiger partial charge on any atom is -0.433 e. The lowest BCUT2D eigenvalue weighted by molar-refractivity contribution is -0.115. The Balaban J connectivity index is 1.66. The molecule has 0 saturated heterocycles. The van der Waals surface area contributed by atoms with Gasteiger partial charge in [0, 0.05) is 16.0 Å². The Morgan fingerprint density at radius 3 is 2.31 bits per heavy atom. The van der Waals surface area contributed by atoms with Crippen molar-refractivity contribution in [3.05, 3.63) is 59.7 Å². The number of alkyl halides is 2. The molecule has 0 aromatic heterocycles. The maximum atomic E-state index is 12.8. The van der Waals surface area contributed by atoms with Gasteiger partial charge in [-0.2, -0.15) is 8.78 Å². The number of fused-ring (bicyclic) bond motifs is 1. The minimum atomic E-state index is -2.99. The van der Waals surface area contributed by atoms with Gasteiger partial charge in [0.1, 0.15) is 11.0 Å². The molecule has 138 valence electrons. The van der Waals surface area contributed by atoms with E-state index < -0.39 is 28.6 Å². The fourth-order valence-corrected chi connectivity index (χ4v) is 4.61. The number of rotatable bonds is 6. The highest BCUT2D eigenvalue weighted by Crippen LogP contribution is 2.28. The molecule has 0 spiro atoms. The van der Waals surface area contributed by atoms with Crippen LogP contribution in [0.15, 0.2) is 48.5 Å². The van der Waals surface area contributed by atoms with Crippen LogP contribution in [0.5, 0.6) is 5.75 Å². The second kappa shape index (κ2) is 7.95. The topological polar surface area (TPSA) is 55.4 Å². The van der Waals surface area contributed by atoms with Crippen molar-refractivity contribution in [3.8, 4) is 5.75 Å². The standard InChI is InChI=1S/C19H19F2NO3S/c1-12(26(24)15-10-13-6-2-3-7-14(13)11-15)18(23)22-16-8-4-5-9-17(16)25-19(20)21/h2-9,12,15,19H,10-11H2,1H3,(H,22,23)/t12-,26-/m1/s1. The number of hydrogen-bond donors (Lipinski definition) is 1. The van der Waals surface area contributed by atoms with Crippen molar-refractivity contribution >= 4 is 22.4 Å². The van der Waals surface area contributed by atoms with Crippen molar-refractivity contribution < 1.29 is 22.5 Å². The van der Waals surface area contributed by atoms with Gasteiger partial charge in [0.05, 0.1) is 5.69 Å². The van der Waals surface area contributed by atoms with Gasteiger partial charge in [-0.05, 0) is 43.0 Å². The Labute approximate surface area is 153 Å². The summed E-state index contributed by atoms with van der Waals surface area (Å²) in [5, 5.41) is 1.66. The smallest absolute Gasteiger partial charge is 0.387 e. The number of hydrogen-bond acceptors (Lipinski definition) is 3. The van der Waals surface area contributed by atoms with E-state index >= 15 is 0 Å². The molecule has 0 aliphatic heterocycles. The fraction of sp³-hybridized carbons (Fsp3) is 0.316. The quantitative estimate of drug-likeness (QED) is 0.835. The van der Waals surface area contributed by atoms with Gasteiger partial charge in [0.15, 0.2) is 0 Å². The number of amides is 1. The molecule has 1 N–H and O–H groups in total. The number of carbonyl (C=O) groups excluding carboxylic acids is 1. The summed E-state index contributed by atoms with van der Waals surface area (Å²) in [5.74, 6) is -0.605. The molecule has 1 aliphatic carbocycles. The Kier molecular flexibility index (Phi) is 5.66. The SMILES string of the molecule is C[C@H](C(=O)Nc1ccccc1OC(F)F)[S@@](=O)C1Cc2ccccc2C1. The second-order valence-electron chi connectivity index (χ2n) is 6.13. The summed E-state index contributed by atoms with van der Waals surface area (Å²) in [4.78, 5) is 12.5. The molecule has 26 heavy (non-hydrogen) atoms. The normalized spacial score (nSPS) is 16.2. The number of ether oxygens (including phenoxy) is 1. The van der Waals surface area contributed by atoms with Gasteiger partial charge in [0.2, 0.25) is 5.91 Å². The summed E-state index contributed by atoms with van der Waals surface area (Å²) in [6.07, 6.45) is 1.34. The molecule has 0 saturated carbocycles. The van der Waals surface area contributed by atoms with E-state index in [9.17, 15) is 17.8 Å². The molecule has 2 aromatic rings. The third kappa shape index (κ3) is 4.09. The zero-order chi connectivity index (χ0) is 18.7. The first-order chi connectivity index (χ1) is 12.5. The van der Waals surface area contributed by atoms with E-state index in [0.29, 0.717) is 12.8 Å². The van der Waals surface area contributed by atoms with Crippen LogP contribution in [0.3, 0.4) is 0 Å². The lowest BCUT2D eigenvalue weighted by Gasteiger charge is -2.17. The summed E-state index contributed by atoms with van der Waals surface area (Å²) in [5.41, 5.74) is 2.46. The van der Waals surface area contributed by atoms with Gasteiger partial charge in [-0.15, -0.1) is 0 Å². The fourth-order valence-electron chi connectivity index (χ4n) is 3.08. The maximum Gasteiger partial charge on any atom is 0.387 e. The monoisotopic (exact) mass is 379 g/mol. The van der Waals surface area contributed by atoms with Crippen molar-refractivity contribution in [1.82, 2.24) is 0 Å². The first kappa shape index (κ1) is 18.5. The summed E-state index contributed by atoms with van der Waals surface area (Å²) in [7, 11) is -1.39. The zero-order valence-corrected chi connectivity index (χ0v) is 15.0. The van der Waals surface area contributed by atoms with Crippen molar-refractivity contribution in [2.75, 3.05) is 5.32 Å². The molecule has 2 aromatic carbocycles. The van der Waals surface area contributed by atoms with Crippen molar-refractivity contribution in [2.24, 2.45) is 0 Å². The van der Waals surface area contributed by atoms with Gasteiger partial charge in [-0.3, -0.25) is 9.00 Å². The van der Waals surface area contributed by atoms with Crippen LogP contribution in [0.25, 0.3) is 0 Å². The van der Waals surface area contributed by atoms with Crippen LogP contribution >= 0.6 is 0 Å². The summed E-state index contributed by atoms with van der Waals surface area (Å²) < 4.78 is 42.2. The van der Waals surface area contributed by atoms with Crippen LogP contribution in [-0.2, 0) is 28.4 Å². The summed E-state index contributed by atoms with van der Waals surface area (Å²) >= 11 is 0. The molecule has 1 amide bonds. The second-order valence-corrected chi connectivity index (χ2v) is 8.16. The van der Waals surface area contributed by atoms with E-state index in [0.717, 1.165) is 11.1 Å². The molecule has 0 fully saturated rings. The number of carbonyl (C=O) groups is 1. The molecule has 1 aliphatic rings. The Bertz CT molecular complexity index is 803. The lowest BCUT2D eigenvalue weighted by Crippen LogP contribution is -2.34. The lowest BCUT2D eigenvalue weighted by atomic mass is 10.1. The molecule has 3 rings (SSSR count).